The van der Waals surface area contributed by atoms with Gasteiger partial charge in [0.25, 0.3) is 0 Å². The van der Waals surface area contributed by atoms with Crippen LogP contribution in [0.4, 0.5) is 0 Å². The molecule has 2 aromatic carbocycles. The van der Waals surface area contributed by atoms with Crippen LogP contribution in [0.15, 0.2) is 59.5 Å². The van der Waals surface area contributed by atoms with Gasteiger partial charge in [0.2, 0.25) is 5.89 Å². The Hall–Kier alpha value is -1.92. The van der Waals surface area contributed by atoms with E-state index in [0.29, 0.717) is 22.9 Å². The van der Waals surface area contributed by atoms with Crippen molar-refractivity contribution in [3.8, 4) is 11.5 Å². The monoisotopic (exact) mass is 443 g/mol. The number of halogens is 1. The van der Waals surface area contributed by atoms with Gasteiger partial charge in [-0.15, -0.1) is 6.58 Å². The Morgan fingerprint density at radius 3 is 2.47 bits per heavy atom. The number of aliphatic hydroxyl groups excluding tert-OH is 1. The largest absolute Gasteiger partial charge is 0.436 e. The number of rotatable bonds is 7. The lowest BCUT2D eigenvalue weighted by atomic mass is 10.0. The fourth-order valence-corrected chi connectivity index (χ4v) is 4.50. The third-order valence-corrected chi connectivity index (χ3v) is 10.6. The lowest BCUT2D eigenvalue weighted by Gasteiger charge is -2.40. The van der Waals surface area contributed by atoms with Gasteiger partial charge in [-0.3, -0.25) is 0 Å². The van der Waals surface area contributed by atoms with Crippen LogP contribution >= 0.6 is 11.6 Å². The van der Waals surface area contributed by atoms with Gasteiger partial charge < -0.3 is 13.9 Å². The van der Waals surface area contributed by atoms with Crippen LogP contribution in [0.5, 0.6) is 0 Å². The number of hydrogen-bond acceptors (Lipinski definition) is 4. The van der Waals surface area contributed by atoms with E-state index in [-0.39, 0.29) is 5.04 Å². The fraction of sp³-hybridized carbons (Fsp3) is 0.375. The molecular formula is C24H30ClNO3Si. The normalized spacial score (nSPS) is 14.6. The van der Waals surface area contributed by atoms with Crippen molar-refractivity contribution >= 4 is 31.0 Å². The summed E-state index contributed by atoms with van der Waals surface area (Å²) in [5, 5.41) is 11.3. The number of benzene rings is 2. The third-order valence-electron chi connectivity index (χ3n) is 5.89. The number of aliphatic hydroxyl groups is 1. The molecule has 0 amide bonds. The third kappa shape index (κ3) is 4.86. The molecule has 0 radical (unpaired) electrons. The van der Waals surface area contributed by atoms with Gasteiger partial charge in [0.05, 0.1) is 12.2 Å². The summed E-state index contributed by atoms with van der Waals surface area (Å²) in [4.78, 5) is 4.73. The molecule has 6 heteroatoms. The van der Waals surface area contributed by atoms with Crippen molar-refractivity contribution < 1.29 is 13.9 Å². The Labute approximate surface area is 184 Å². The lowest BCUT2D eigenvalue weighted by Crippen LogP contribution is -2.47. The van der Waals surface area contributed by atoms with Gasteiger partial charge in [-0.1, -0.05) is 50.6 Å². The number of hydrogen-bond donors (Lipinski definition) is 1. The average Bonchev–Trinajstić information content (AvgIpc) is 3.11. The summed E-state index contributed by atoms with van der Waals surface area (Å²) >= 11 is 6.00. The first kappa shape index (κ1) is 22.8. The van der Waals surface area contributed by atoms with Gasteiger partial charge in [0, 0.05) is 17.0 Å². The Bertz CT molecular complexity index is 1020. The highest BCUT2D eigenvalue weighted by Crippen LogP contribution is 2.38. The highest BCUT2D eigenvalue weighted by Gasteiger charge is 2.40. The van der Waals surface area contributed by atoms with Crippen molar-refractivity contribution in [1.82, 2.24) is 4.98 Å². The molecule has 3 aromatic rings. The molecule has 2 atom stereocenters. The molecule has 0 aliphatic carbocycles. The molecule has 0 bridgehead atoms. The summed E-state index contributed by atoms with van der Waals surface area (Å²) in [5.41, 5.74) is 3.32. The molecule has 1 N–H and O–H groups in total. The highest BCUT2D eigenvalue weighted by atomic mass is 35.5. The van der Waals surface area contributed by atoms with Gasteiger partial charge in [-0.25, -0.2) is 4.98 Å². The van der Waals surface area contributed by atoms with Crippen molar-refractivity contribution in [2.24, 2.45) is 0 Å². The Morgan fingerprint density at radius 2 is 1.87 bits per heavy atom. The van der Waals surface area contributed by atoms with Crippen molar-refractivity contribution in [2.75, 3.05) is 0 Å². The van der Waals surface area contributed by atoms with Crippen molar-refractivity contribution in [3.05, 3.63) is 65.7 Å². The molecule has 1 heterocycles. The number of para-hydroxylation sites is 1. The topological polar surface area (TPSA) is 55.5 Å². The van der Waals surface area contributed by atoms with Crippen LogP contribution in [0.1, 0.15) is 26.3 Å². The number of aromatic nitrogens is 1. The molecule has 4 nitrogen and oxygen atoms in total. The van der Waals surface area contributed by atoms with Gasteiger partial charge in [0.1, 0.15) is 5.52 Å². The van der Waals surface area contributed by atoms with Crippen LogP contribution in [-0.4, -0.2) is 30.6 Å². The zero-order valence-electron chi connectivity index (χ0n) is 18.3. The van der Waals surface area contributed by atoms with Crippen LogP contribution in [0.2, 0.25) is 23.2 Å². The quantitative estimate of drug-likeness (QED) is 0.329. The molecule has 0 saturated carbocycles. The Kier molecular flexibility index (Phi) is 6.58. The summed E-state index contributed by atoms with van der Waals surface area (Å²) in [5.74, 6) is 0.542. The van der Waals surface area contributed by atoms with Gasteiger partial charge in [-0.2, -0.15) is 0 Å². The van der Waals surface area contributed by atoms with Crippen LogP contribution in [-0.2, 0) is 10.8 Å². The summed E-state index contributed by atoms with van der Waals surface area (Å²) in [6, 6.07) is 13.3. The molecule has 0 saturated heterocycles. The van der Waals surface area contributed by atoms with Crippen molar-refractivity contribution in [3.63, 3.8) is 0 Å². The highest BCUT2D eigenvalue weighted by molar-refractivity contribution is 6.74. The van der Waals surface area contributed by atoms with E-state index in [4.69, 9.17) is 25.4 Å². The van der Waals surface area contributed by atoms with Crippen LogP contribution < -0.4 is 0 Å². The minimum atomic E-state index is -2.09. The van der Waals surface area contributed by atoms with Gasteiger partial charge in [0.15, 0.2) is 13.9 Å². The molecule has 0 aliphatic heterocycles. The fourth-order valence-electron chi connectivity index (χ4n) is 3.04. The van der Waals surface area contributed by atoms with Gasteiger partial charge >= 0.3 is 0 Å². The predicted octanol–water partition coefficient (Wildman–Crippen LogP) is 6.63. The maximum absolute atomic E-state index is 10.6. The molecule has 0 aliphatic rings. The molecule has 1 aromatic heterocycles. The Balaban J connectivity index is 1.95. The molecule has 3 rings (SSSR count). The predicted molar refractivity (Wildman–Crippen MR) is 126 cm³/mol. The second-order valence-corrected chi connectivity index (χ2v) is 14.3. The lowest BCUT2D eigenvalue weighted by molar-refractivity contribution is 0.0575. The number of nitrogens with zero attached hydrogens (tertiary/aromatic N) is 1. The number of fused-ring (bicyclic) bond motifs is 1. The van der Waals surface area contributed by atoms with Gasteiger partial charge in [-0.05, 0) is 54.0 Å². The summed E-state index contributed by atoms with van der Waals surface area (Å²) in [6.07, 6.45) is 0.894. The summed E-state index contributed by atoms with van der Waals surface area (Å²) in [7, 11) is -2.09. The minimum Gasteiger partial charge on any atom is -0.436 e. The second kappa shape index (κ2) is 8.67. The first-order valence-electron chi connectivity index (χ1n) is 10.1. The molecule has 0 fully saturated rings. The summed E-state index contributed by atoms with van der Waals surface area (Å²) < 4.78 is 12.5. The van der Waals surface area contributed by atoms with Crippen LogP contribution in [0.3, 0.4) is 0 Å². The van der Waals surface area contributed by atoms with Crippen molar-refractivity contribution in [1.29, 1.82) is 0 Å². The minimum absolute atomic E-state index is 0.0355. The number of oxazole rings is 1. The molecule has 0 unspecified atom stereocenters. The first-order chi connectivity index (χ1) is 14.0. The SMILES string of the molecule is C=C[C@H](O)[C@H](Cc1cccc2oc(-c3ccc(Cl)cc3)nc12)O[Si](C)(C)C(C)(C)C. The maximum Gasteiger partial charge on any atom is 0.227 e. The smallest absolute Gasteiger partial charge is 0.227 e. The molecule has 160 valence electrons. The maximum atomic E-state index is 10.6. The second-order valence-electron chi connectivity index (χ2n) is 9.14. The van der Waals surface area contributed by atoms with E-state index in [1.54, 1.807) is 6.08 Å². The average molecular weight is 444 g/mol. The van der Waals surface area contributed by atoms with Crippen LogP contribution in [0.25, 0.3) is 22.6 Å². The molecule has 30 heavy (non-hydrogen) atoms. The van der Waals surface area contributed by atoms with E-state index >= 15 is 0 Å². The van der Waals surface area contributed by atoms with E-state index < -0.39 is 20.5 Å². The zero-order valence-corrected chi connectivity index (χ0v) is 20.0. The van der Waals surface area contributed by atoms with E-state index in [0.717, 1.165) is 16.6 Å². The summed E-state index contributed by atoms with van der Waals surface area (Å²) in [6.45, 7) is 14.7. The van der Waals surface area contributed by atoms with Crippen molar-refractivity contribution in [2.45, 2.75) is 57.5 Å². The first-order valence-corrected chi connectivity index (χ1v) is 13.4. The molecular weight excluding hydrogens is 414 g/mol. The standard InChI is InChI=1S/C24H30ClNO3Si/c1-7-19(27)21(29-30(5,6)24(2,3)4)15-17-9-8-10-20-22(17)26-23(28-20)16-11-13-18(25)14-12-16/h7-14,19,21,27H,1,15H2,2-6H3/t19-,21-/m0/s1. The zero-order chi connectivity index (χ0) is 22.1. The molecule has 0 spiro atoms. The van der Waals surface area contributed by atoms with E-state index in [2.05, 4.69) is 40.4 Å². The van der Waals surface area contributed by atoms with E-state index in [9.17, 15) is 5.11 Å². The Morgan fingerprint density at radius 1 is 1.20 bits per heavy atom. The van der Waals surface area contributed by atoms with E-state index in [1.807, 2.05) is 42.5 Å². The van der Waals surface area contributed by atoms with Crippen LogP contribution in [0, 0.1) is 0 Å². The van der Waals surface area contributed by atoms with E-state index in [1.165, 1.54) is 0 Å².